The third kappa shape index (κ3) is 3.49. The molecule has 0 radical (unpaired) electrons. The zero-order valence-electron chi connectivity index (χ0n) is 11.4. The van der Waals surface area contributed by atoms with E-state index in [1.807, 2.05) is 43.4 Å². The molecule has 0 saturated carbocycles. The smallest absolute Gasteiger partial charge is 0.134 e. The van der Waals surface area contributed by atoms with Crippen LogP contribution in [0.2, 0.25) is 5.02 Å². The van der Waals surface area contributed by atoms with Crippen LogP contribution in [-0.2, 0) is 0 Å². The van der Waals surface area contributed by atoms with E-state index in [-0.39, 0.29) is 0 Å². The molecule has 0 saturated heterocycles. The molecule has 1 aromatic heterocycles. The number of likely N-dealkylation sites (N-methyl/N-ethyl adjacent to an activating group) is 1. The first kappa shape index (κ1) is 13.9. The number of nitrogens with one attached hydrogen (secondary N) is 1. The van der Waals surface area contributed by atoms with E-state index in [0.29, 0.717) is 6.04 Å². The summed E-state index contributed by atoms with van der Waals surface area (Å²) in [7, 11) is 1.95. The van der Waals surface area contributed by atoms with Crippen molar-refractivity contribution in [3.63, 3.8) is 0 Å². The average molecular weight is 276 g/mol. The van der Waals surface area contributed by atoms with Crippen LogP contribution in [0.4, 0.5) is 0 Å². The summed E-state index contributed by atoms with van der Waals surface area (Å²) >= 11 is 5.88. The van der Waals surface area contributed by atoms with Gasteiger partial charge in [-0.05, 0) is 63.4 Å². The Kier molecular flexibility index (Phi) is 4.46. The van der Waals surface area contributed by atoms with Gasteiger partial charge >= 0.3 is 0 Å². The van der Waals surface area contributed by atoms with Gasteiger partial charge in [0.05, 0.1) is 0 Å². The summed E-state index contributed by atoms with van der Waals surface area (Å²) in [6.45, 7) is 4.21. The van der Waals surface area contributed by atoms with E-state index < -0.39 is 0 Å². The standard InChI is InChI=1S/C16H18ClNO/c1-11(12(2)18-3)10-15-8-9-16(19-15)13-4-6-14(17)7-5-13/h4-10,12,18H,1-3H3/b11-10+. The molecule has 1 aromatic carbocycles. The summed E-state index contributed by atoms with van der Waals surface area (Å²) in [5, 5.41) is 3.94. The van der Waals surface area contributed by atoms with Crippen molar-refractivity contribution in [3.8, 4) is 11.3 Å². The molecule has 19 heavy (non-hydrogen) atoms. The van der Waals surface area contributed by atoms with Crippen LogP contribution in [0.15, 0.2) is 46.4 Å². The summed E-state index contributed by atoms with van der Waals surface area (Å²) in [6, 6.07) is 11.9. The summed E-state index contributed by atoms with van der Waals surface area (Å²) in [6.07, 6.45) is 2.06. The van der Waals surface area contributed by atoms with E-state index in [1.165, 1.54) is 5.57 Å². The predicted molar refractivity (Wildman–Crippen MR) is 81.3 cm³/mol. The molecule has 0 fully saturated rings. The molecule has 3 heteroatoms. The van der Waals surface area contributed by atoms with E-state index in [9.17, 15) is 0 Å². The fourth-order valence-corrected chi connectivity index (χ4v) is 1.90. The molecule has 0 aliphatic heterocycles. The van der Waals surface area contributed by atoms with Gasteiger partial charge in [-0.2, -0.15) is 0 Å². The summed E-state index contributed by atoms with van der Waals surface area (Å²) in [5.41, 5.74) is 2.27. The molecule has 0 bridgehead atoms. The minimum absolute atomic E-state index is 0.337. The third-order valence-electron chi connectivity index (χ3n) is 3.24. The summed E-state index contributed by atoms with van der Waals surface area (Å²) in [4.78, 5) is 0. The zero-order chi connectivity index (χ0) is 13.8. The van der Waals surface area contributed by atoms with Crippen molar-refractivity contribution in [1.29, 1.82) is 0 Å². The molecule has 2 nitrogen and oxygen atoms in total. The molecule has 1 N–H and O–H groups in total. The van der Waals surface area contributed by atoms with Crippen molar-refractivity contribution in [2.45, 2.75) is 19.9 Å². The van der Waals surface area contributed by atoms with E-state index in [2.05, 4.69) is 25.2 Å². The van der Waals surface area contributed by atoms with Gasteiger partial charge in [-0.1, -0.05) is 17.2 Å². The molecule has 100 valence electrons. The van der Waals surface area contributed by atoms with Crippen molar-refractivity contribution >= 4 is 17.7 Å². The molecule has 0 spiro atoms. The molecule has 0 amide bonds. The fraction of sp³-hybridized carbons (Fsp3) is 0.250. The van der Waals surface area contributed by atoms with Crippen LogP contribution in [0.25, 0.3) is 17.4 Å². The van der Waals surface area contributed by atoms with Crippen molar-refractivity contribution in [2.24, 2.45) is 0 Å². The summed E-state index contributed by atoms with van der Waals surface area (Å²) in [5.74, 6) is 1.72. The van der Waals surface area contributed by atoms with Crippen LogP contribution in [0.3, 0.4) is 0 Å². The number of rotatable bonds is 4. The van der Waals surface area contributed by atoms with E-state index in [1.54, 1.807) is 0 Å². The largest absolute Gasteiger partial charge is 0.457 e. The predicted octanol–water partition coefficient (Wildman–Crippen LogP) is 4.61. The highest BCUT2D eigenvalue weighted by molar-refractivity contribution is 6.30. The lowest BCUT2D eigenvalue weighted by Gasteiger charge is -2.09. The van der Waals surface area contributed by atoms with Crippen LogP contribution in [0.1, 0.15) is 19.6 Å². The average Bonchev–Trinajstić information content (AvgIpc) is 2.87. The van der Waals surface area contributed by atoms with Crippen LogP contribution in [-0.4, -0.2) is 13.1 Å². The molecule has 1 unspecified atom stereocenters. The molecule has 2 aromatic rings. The fourth-order valence-electron chi connectivity index (χ4n) is 1.78. The van der Waals surface area contributed by atoms with E-state index >= 15 is 0 Å². The Morgan fingerprint density at radius 2 is 1.89 bits per heavy atom. The first-order valence-electron chi connectivity index (χ1n) is 6.31. The SMILES string of the molecule is CNC(C)/C(C)=C/c1ccc(-c2ccc(Cl)cc2)o1. The van der Waals surface area contributed by atoms with Gasteiger partial charge in [0.1, 0.15) is 11.5 Å². The Balaban J connectivity index is 2.22. The number of hydrogen-bond donors (Lipinski definition) is 1. The van der Waals surface area contributed by atoms with Crippen LogP contribution >= 0.6 is 11.6 Å². The maximum Gasteiger partial charge on any atom is 0.134 e. The first-order valence-corrected chi connectivity index (χ1v) is 6.69. The van der Waals surface area contributed by atoms with Gasteiger partial charge in [-0.25, -0.2) is 0 Å². The lowest BCUT2D eigenvalue weighted by atomic mass is 10.1. The Hall–Kier alpha value is -1.51. The lowest BCUT2D eigenvalue weighted by Crippen LogP contribution is -2.21. The Bertz CT molecular complexity index is 569. The maximum atomic E-state index is 5.88. The van der Waals surface area contributed by atoms with Crippen LogP contribution in [0.5, 0.6) is 0 Å². The van der Waals surface area contributed by atoms with Crippen molar-refractivity contribution in [3.05, 3.63) is 52.8 Å². The topological polar surface area (TPSA) is 25.2 Å². The number of benzene rings is 1. The lowest BCUT2D eigenvalue weighted by molar-refractivity contribution is 0.570. The summed E-state index contributed by atoms with van der Waals surface area (Å²) < 4.78 is 5.83. The van der Waals surface area contributed by atoms with Gasteiger partial charge in [-0.15, -0.1) is 0 Å². The highest BCUT2D eigenvalue weighted by atomic mass is 35.5. The monoisotopic (exact) mass is 275 g/mol. The molecule has 1 atom stereocenters. The quantitative estimate of drug-likeness (QED) is 0.881. The molecular formula is C16H18ClNO. The van der Waals surface area contributed by atoms with E-state index in [4.69, 9.17) is 16.0 Å². The minimum Gasteiger partial charge on any atom is -0.457 e. The van der Waals surface area contributed by atoms with E-state index in [0.717, 1.165) is 22.1 Å². The van der Waals surface area contributed by atoms with Gasteiger partial charge in [0.25, 0.3) is 0 Å². The van der Waals surface area contributed by atoms with Crippen LogP contribution < -0.4 is 5.32 Å². The Labute approximate surface area is 119 Å². The third-order valence-corrected chi connectivity index (χ3v) is 3.49. The second-order valence-electron chi connectivity index (χ2n) is 4.61. The van der Waals surface area contributed by atoms with Gasteiger partial charge in [-0.3, -0.25) is 0 Å². The number of halogens is 1. The highest BCUT2D eigenvalue weighted by Crippen LogP contribution is 2.25. The second kappa shape index (κ2) is 6.09. The Morgan fingerprint density at radius 3 is 2.53 bits per heavy atom. The van der Waals surface area contributed by atoms with Crippen molar-refractivity contribution in [2.75, 3.05) is 7.05 Å². The minimum atomic E-state index is 0.337. The first-order chi connectivity index (χ1) is 9.10. The van der Waals surface area contributed by atoms with Crippen molar-refractivity contribution < 1.29 is 4.42 Å². The molecule has 1 heterocycles. The second-order valence-corrected chi connectivity index (χ2v) is 5.04. The molecule has 0 aliphatic carbocycles. The molecule has 0 aliphatic rings. The van der Waals surface area contributed by atoms with Gasteiger partial charge in [0.15, 0.2) is 0 Å². The van der Waals surface area contributed by atoms with Crippen molar-refractivity contribution in [1.82, 2.24) is 5.32 Å². The molecule has 2 rings (SSSR count). The molecular weight excluding hydrogens is 258 g/mol. The highest BCUT2D eigenvalue weighted by Gasteiger charge is 2.05. The maximum absolute atomic E-state index is 5.88. The normalized spacial score (nSPS) is 13.6. The number of furan rings is 1. The van der Waals surface area contributed by atoms with Gasteiger partial charge < -0.3 is 9.73 Å². The Morgan fingerprint density at radius 1 is 1.21 bits per heavy atom. The van der Waals surface area contributed by atoms with Gasteiger partial charge in [0, 0.05) is 16.6 Å². The number of hydrogen-bond acceptors (Lipinski definition) is 2. The van der Waals surface area contributed by atoms with Gasteiger partial charge in [0.2, 0.25) is 0 Å². The van der Waals surface area contributed by atoms with Crippen LogP contribution in [0, 0.1) is 0 Å². The zero-order valence-corrected chi connectivity index (χ0v) is 12.2.